The third-order valence-corrected chi connectivity index (χ3v) is 7.72. The molecule has 2 aromatic carbocycles. The van der Waals surface area contributed by atoms with Crippen molar-refractivity contribution in [3.63, 3.8) is 0 Å². The summed E-state index contributed by atoms with van der Waals surface area (Å²) in [5.74, 6) is 0.499. The van der Waals surface area contributed by atoms with E-state index in [1.165, 1.54) is 11.1 Å². The van der Waals surface area contributed by atoms with Gasteiger partial charge in [0.05, 0.1) is 30.6 Å². The van der Waals surface area contributed by atoms with E-state index in [0.29, 0.717) is 23.0 Å². The summed E-state index contributed by atoms with van der Waals surface area (Å²) in [5, 5.41) is 7.07. The summed E-state index contributed by atoms with van der Waals surface area (Å²) in [5.41, 5.74) is 9.44. The van der Waals surface area contributed by atoms with Gasteiger partial charge in [0.15, 0.2) is 5.11 Å². The molecule has 8 heteroatoms. The summed E-state index contributed by atoms with van der Waals surface area (Å²) in [6.07, 6.45) is 2.20. The molecule has 40 heavy (non-hydrogen) atoms. The molecule has 1 amide bonds. The van der Waals surface area contributed by atoms with Crippen LogP contribution in [0, 0.1) is 27.7 Å². The van der Waals surface area contributed by atoms with Gasteiger partial charge in [-0.25, -0.2) is 0 Å². The van der Waals surface area contributed by atoms with Crippen LogP contribution < -0.4 is 20.3 Å². The highest BCUT2D eigenvalue weighted by Gasteiger charge is 2.42. The Morgan fingerprint density at radius 2 is 1.77 bits per heavy atom. The summed E-state index contributed by atoms with van der Waals surface area (Å²) in [7, 11) is 1.60. The van der Waals surface area contributed by atoms with Gasteiger partial charge in [-0.2, -0.15) is 0 Å². The molecule has 2 N–H and O–H groups in total. The van der Waals surface area contributed by atoms with Gasteiger partial charge in [0, 0.05) is 41.4 Å². The van der Waals surface area contributed by atoms with Gasteiger partial charge in [0.2, 0.25) is 5.91 Å². The second-order valence-electron chi connectivity index (χ2n) is 10.3. The van der Waals surface area contributed by atoms with Crippen LogP contribution in [0.1, 0.15) is 59.2 Å². The number of rotatable bonds is 7. The first kappa shape index (κ1) is 27.4. The maximum absolute atomic E-state index is 12.1. The molecule has 0 radical (unpaired) electrons. The predicted molar refractivity (Wildman–Crippen MR) is 165 cm³/mol. The summed E-state index contributed by atoms with van der Waals surface area (Å²) in [4.78, 5) is 18.9. The lowest BCUT2D eigenvalue weighted by molar-refractivity contribution is -0.115. The Hall–Kier alpha value is -4.17. The van der Waals surface area contributed by atoms with Crippen molar-refractivity contribution in [2.75, 3.05) is 17.3 Å². The third kappa shape index (κ3) is 5.07. The number of anilines is 2. The van der Waals surface area contributed by atoms with Crippen molar-refractivity contribution in [1.82, 2.24) is 14.9 Å². The van der Waals surface area contributed by atoms with Crippen LogP contribution in [0.25, 0.3) is 5.69 Å². The van der Waals surface area contributed by atoms with Gasteiger partial charge >= 0.3 is 0 Å². The van der Waals surface area contributed by atoms with Crippen molar-refractivity contribution < 1.29 is 9.53 Å². The van der Waals surface area contributed by atoms with E-state index < -0.39 is 0 Å². The largest absolute Gasteiger partial charge is 0.494 e. The average molecular weight is 554 g/mol. The Balaban J connectivity index is 1.66. The molecule has 0 unspecified atom stereocenters. The zero-order valence-electron chi connectivity index (χ0n) is 23.8. The van der Waals surface area contributed by atoms with Crippen LogP contribution >= 0.6 is 12.2 Å². The van der Waals surface area contributed by atoms with Crippen LogP contribution in [0.4, 0.5) is 11.4 Å². The van der Waals surface area contributed by atoms with E-state index in [2.05, 4.69) is 72.1 Å². The Morgan fingerprint density at radius 3 is 2.42 bits per heavy atom. The first-order chi connectivity index (χ1) is 19.2. The molecule has 0 aliphatic carbocycles. The summed E-state index contributed by atoms with van der Waals surface area (Å²) >= 11 is 5.96. The molecule has 0 saturated carbocycles. The first-order valence-electron chi connectivity index (χ1n) is 13.5. The van der Waals surface area contributed by atoms with Crippen LogP contribution in [0.15, 0.2) is 66.9 Å². The van der Waals surface area contributed by atoms with E-state index in [-0.39, 0.29) is 18.0 Å². The number of hydrogen-bond acceptors (Lipinski definition) is 4. The maximum atomic E-state index is 12.1. The minimum atomic E-state index is -0.174. The number of carbonyl (C=O) groups excluding carboxylic acids is 1. The molecule has 206 valence electrons. The standard InChI is InChI=1S/C32H35N5O2S/c1-7-29(38)34-26-12-11-23(18-28(26)39-6)37-31(30(35-32(37)40)27-10-8-9-13-33-27)25-17-21(4)36(22(25)5)24-15-19(2)14-20(3)16-24/h8-18,30-31H,7H2,1-6H3,(H,34,38)(H,35,40)/t30-,31-/m1/s1. The summed E-state index contributed by atoms with van der Waals surface area (Å²) < 4.78 is 8.00. The summed E-state index contributed by atoms with van der Waals surface area (Å²) in [6.45, 7) is 10.4. The van der Waals surface area contributed by atoms with Crippen molar-refractivity contribution >= 4 is 34.6 Å². The molecule has 7 nitrogen and oxygen atoms in total. The van der Waals surface area contributed by atoms with E-state index in [1.54, 1.807) is 7.11 Å². The fourth-order valence-electron chi connectivity index (χ4n) is 5.68. The monoisotopic (exact) mass is 553 g/mol. The van der Waals surface area contributed by atoms with E-state index >= 15 is 0 Å². The number of benzene rings is 2. The minimum Gasteiger partial charge on any atom is -0.494 e. The first-order valence-corrected chi connectivity index (χ1v) is 13.9. The van der Waals surface area contributed by atoms with Gasteiger partial charge < -0.3 is 24.8 Å². The van der Waals surface area contributed by atoms with Crippen molar-refractivity contribution in [3.8, 4) is 11.4 Å². The molecule has 4 aromatic rings. The molecular formula is C32H35N5O2S. The quantitative estimate of drug-likeness (QED) is 0.250. The van der Waals surface area contributed by atoms with Crippen molar-refractivity contribution in [2.24, 2.45) is 0 Å². The minimum absolute atomic E-state index is 0.0728. The highest BCUT2D eigenvalue weighted by molar-refractivity contribution is 7.80. The molecule has 2 atom stereocenters. The molecule has 2 aromatic heterocycles. The Labute approximate surface area is 241 Å². The number of nitrogens with one attached hydrogen (secondary N) is 2. The van der Waals surface area contributed by atoms with E-state index in [1.807, 2.05) is 49.5 Å². The number of methoxy groups -OCH3 is 1. The number of nitrogens with zero attached hydrogens (tertiary/aromatic N) is 3. The number of amides is 1. The number of thiocarbonyl (C=S) groups is 1. The lowest BCUT2D eigenvalue weighted by Crippen LogP contribution is -2.29. The molecule has 0 spiro atoms. The number of aromatic nitrogens is 2. The van der Waals surface area contributed by atoms with Crippen molar-refractivity contribution in [3.05, 3.63) is 101 Å². The van der Waals surface area contributed by atoms with Gasteiger partial charge in [0.25, 0.3) is 0 Å². The van der Waals surface area contributed by atoms with Gasteiger partial charge in [-0.3, -0.25) is 9.78 Å². The molecule has 1 aliphatic heterocycles. The molecule has 1 aliphatic rings. The predicted octanol–water partition coefficient (Wildman–Crippen LogP) is 6.64. The highest BCUT2D eigenvalue weighted by atomic mass is 32.1. The normalized spacial score (nSPS) is 16.6. The SMILES string of the molecule is CCC(=O)Nc1ccc(N2C(=S)N[C@H](c3ccccn3)[C@H]2c2cc(C)n(-c3cc(C)cc(C)c3)c2C)cc1OC. The topological polar surface area (TPSA) is 71.4 Å². The van der Waals surface area contributed by atoms with Crippen molar-refractivity contribution in [1.29, 1.82) is 0 Å². The van der Waals surface area contributed by atoms with E-state index in [0.717, 1.165) is 34.0 Å². The average Bonchev–Trinajstić information content (AvgIpc) is 3.43. The molecule has 0 bridgehead atoms. The smallest absolute Gasteiger partial charge is 0.224 e. The van der Waals surface area contributed by atoms with Crippen LogP contribution in [0.5, 0.6) is 5.75 Å². The van der Waals surface area contributed by atoms with Gasteiger partial charge in [0.1, 0.15) is 5.75 Å². The zero-order valence-corrected chi connectivity index (χ0v) is 24.6. The summed E-state index contributed by atoms with van der Waals surface area (Å²) in [6, 6.07) is 20.3. The molecule has 3 heterocycles. The number of pyridine rings is 1. The van der Waals surface area contributed by atoms with Crippen LogP contribution in [-0.4, -0.2) is 27.7 Å². The maximum Gasteiger partial charge on any atom is 0.224 e. The van der Waals surface area contributed by atoms with Crippen LogP contribution in [-0.2, 0) is 4.79 Å². The Morgan fingerprint density at radius 1 is 1.02 bits per heavy atom. The second kappa shape index (κ2) is 11.1. The molecule has 5 rings (SSSR count). The number of aryl methyl sites for hydroxylation is 3. The number of ether oxygens (including phenoxy) is 1. The van der Waals surface area contributed by atoms with Gasteiger partial charge in [-0.15, -0.1) is 0 Å². The van der Waals surface area contributed by atoms with E-state index in [4.69, 9.17) is 21.9 Å². The van der Waals surface area contributed by atoms with Crippen LogP contribution in [0.2, 0.25) is 0 Å². The number of carbonyl (C=O) groups is 1. The lowest BCUT2D eigenvalue weighted by Gasteiger charge is -2.29. The fourth-order valence-corrected chi connectivity index (χ4v) is 6.03. The van der Waals surface area contributed by atoms with E-state index in [9.17, 15) is 4.79 Å². The second-order valence-corrected chi connectivity index (χ2v) is 10.7. The third-order valence-electron chi connectivity index (χ3n) is 7.41. The van der Waals surface area contributed by atoms with Crippen LogP contribution in [0.3, 0.4) is 0 Å². The molecular weight excluding hydrogens is 518 g/mol. The zero-order chi connectivity index (χ0) is 28.6. The molecule has 1 saturated heterocycles. The number of hydrogen-bond donors (Lipinski definition) is 2. The van der Waals surface area contributed by atoms with Crippen molar-refractivity contribution in [2.45, 2.75) is 53.1 Å². The highest BCUT2D eigenvalue weighted by Crippen LogP contribution is 2.45. The van der Waals surface area contributed by atoms with Gasteiger partial charge in [-0.05, 0) is 99.1 Å². The fraction of sp³-hybridized carbons (Fsp3) is 0.281. The molecule has 1 fully saturated rings. The Kier molecular flexibility index (Phi) is 7.63. The lowest BCUT2D eigenvalue weighted by atomic mass is 9.96. The van der Waals surface area contributed by atoms with Gasteiger partial charge in [-0.1, -0.05) is 19.1 Å². The Bertz CT molecular complexity index is 1560.